The number of carbonyl (C=O) groups is 2. The highest BCUT2D eigenvalue weighted by Gasteiger charge is 2.48. The first kappa shape index (κ1) is 14.7. The predicted molar refractivity (Wildman–Crippen MR) is 68.7 cm³/mol. The molecule has 0 aromatic heterocycles. The van der Waals surface area contributed by atoms with Crippen molar-refractivity contribution in [2.45, 2.75) is 44.2 Å². The molecule has 0 atom stereocenters. The number of hydrogen-bond acceptors (Lipinski definition) is 4. The zero-order valence-corrected chi connectivity index (χ0v) is 11.6. The Bertz CT molecular complexity index is 442. The second-order valence-electron chi connectivity index (χ2n) is 5.11. The molecule has 1 saturated heterocycles. The van der Waals surface area contributed by atoms with Gasteiger partial charge in [-0.3, -0.25) is 4.79 Å². The fraction of sp³-hybridized carbons (Fsp3) is 0.769. The molecule has 2 rings (SSSR count). The summed E-state index contributed by atoms with van der Waals surface area (Å²) in [6, 6.07) is 0. The zero-order valence-electron chi connectivity index (χ0n) is 11.6. The van der Waals surface area contributed by atoms with Gasteiger partial charge in [-0.05, 0) is 32.1 Å². The van der Waals surface area contributed by atoms with E-state index in [4.69, 9.17) is 10.3 Å². The van der Waals surface area contributed by atoms with Crippen LogP contribution in [0.1, 0.15) is 38.5 Å². The minimum Gasteiger partial charge on any atom is -0.460 e. The summed E-state index contributed by atoms with van der Waals surface area (Å²) in [4.78, 5) is 28.3. The highest BCUT2D eigenvalue weighted by molar-refractivity contribution is 6.61. The molecule has 0 radical (unpaired) electrons. The van der Waals surface area contributed by atoms with E-state index in [9.17, 15) is 9.59 Å². The highest BCUT2D eigenvalue weighted by Crippen LogP contribution is 2.37. The van der Waals surface area contributed by atoms with E-state index in [0.29, 0.717) is 19.6 Å². The Morgan fingerprint density at radius 2 is 1.95 bits per heavy atom. The monoisotopic (exact) mass is 281 g/mol. The van der Waals surface area contributed by atoms with Gasteiger partial charge in [-0.1, -0.05) is 6.42 Å². The molecule has 0 unspecified atom stereocenters. The van der Waals surface area contributed by atoms with E-state index in [-0.39, 0.29) is 0 Å². The normalized spacial score (nSPS) is 21.1. The summed E-state index contributed by atoms with van der Waals surface area (Å²) in [7, 11) is 1.14. The lowest BCUT2D eigenvalue weighted by molar-refractivity contribution is -0.204. The minimum absolute atomic E-state index is 0.495. The van der Waals surface area contributed by atoms with Crippen molar-refractivity contribution in [2.24, 2.45) is 0 Å². The zero-order chi connectivity index (χ0) is 14.6. The Morgan fingerprint density at radius 1 is 1.25 bits per heavy atom. The van der Waals surface area contributed by atoms with Crippen LogP contribution in [0.15, 0.2) is 0 Å². The van der Waals surface area contributed by atoms with E-state index < -0.39 is 23.3 Å². The highest BCUT2D eigenvalue weighted by atomic mass is 16.5. The number of rotatable bonds is 2. The predicted octanol–water partition coefficient (Wildman–Crippen LogP) is 0.739. The van der Waals surface area contributed by atoms with E-state index in [1.54, 1.807) is 0 Å². The molecule has 20 heavy (non-hydrogen) atoms. The van der Waals surface area contributed by atoms with Gasteiger partial charge in [-0.25, -0.2) is 4.79 Å². The Labute approximate surface area is 117 Å². The lowest BCUT2D eigenvalue weighted by Gasteiger charge is -2.48. The van der Waals surface area contributed by atoms with E-state index in [2.05, 4.69) is 9.53 Å². The topological polar surface area (TPSA) is 92.2 Å². The number of esters is 1. The molecular formula is C13H19N3O4. The van der Waals surface area contributed by atoms with Crippen LogP contribution in [0.5, 0.6) is 0 Å². The third kappa shape index (κ3) is 2.59. The first-order chi connectivity index (χ1) is 9.64. The fourth-order valence-corrected chi connectivity index (χ4v) is 2.97. The van der Waals surface area contributed by atoms with Crippen LogP contribution in [0.3, 0.4) is 0 Å². The maximum Gasteiger partial charge on any atom is 0.463 e. The van der Waals surface area contributed by atoms with Crippen LogP contribution < -0.4 is 0 Å². The molecule has 2 aliphatic rings. The molecule has 1 saturated carbocycles. The summed E-state index contributed by atoms with van der Waals surface area (Å²) in [5.74, 6) is -1.56. The molecule has 1 spiro atoms. The second-order valence-corrected chi connectivity index (χ2v) is 5.11. The average Bonchev–Trinajstić information content (AvgIpc) is 2.49. The number of carbonyl (C=O) groups excluding carboxylic acids is 2. The molecule has 0 aromatic rings. The van der Waals surface area contributed by atoms with E-state index in [0.717, 1.165) is 39.2 Å². The molecule has 1 amide bonds. The summed E-state index contributed by atoms with van der Waals surface area (Å²) in [5.41, 5.74) is 7.66. The number of amides is 1. The van der Waals surface area contributed by atoms with Gasteiger partial charge in [0.15, 0.2) is 0 Å². The molecule has 7 nitrogen and oxygen atoms in total. The number of methoxy groups -OCH3 is 1. The van der Waals surface area contributed by atoms with Crippen LogP contribution in [0, 0.1) is 0 Å². The van der Waals surface area contributed by atoms with E-state index >= 15 is 0 Å². The van der Waals surface area contributed by atoms with Crippen LogP contribution in [-0.2, 0) is 19.1 Å². The van der Waals surface area contributed by atoms with E-state index in [1.165, 1.54) is 4.90 Å². The molecule has 7 heteroatoms. The molecule has 2 fully saturated rings. The van der Waals surface area contributed by atoms with Gasteiger partial charge in [0.1, 0.15) is 5.72 Å². The minimum atomic E-state index is -0.936. The van der Waals surface area contributed by atoms with Crippen molar-refractivity contribution in [1.29, 1.82) is 0 Å². The standard InChI is InChI=1S/C13H19N3O4/c1-19-12(18)10(15-14)11(17)16-8-5-9-20-13(16)6-3-2-4-7-13/h2-9H2,1H3. The molecule has 110 valence electrons. The van der Waals surface area contributed by atoms with Gasteiger partial charge in [-0.2, -0.15) is 4.79 Å². The van der Waals surface area contributed by atoms with Gasteiger partial charge in [0.2, 0.25) is 0 Å². The molecule has 0 bridgehead atoms. The van der Waals surface area contributed by atoms with Crippen molar-refractivity contribution in [1.82, 2.24) is 4.90 Å². The van der Waals surface area contributed by atoms with Crippen molar-refractivity contribution >= 4 is 17.6 Å². The van der Waals surface area contributed by atoms with Gasteiger partial charge in [-0.15, -0.1) is 0 Å². The van der Waals surface area contributed by atoms with Crippen molar-refractivity contribution in [3.05, 3.63) is 5.53 Å². The third-order valence-corrected chi connectivity index (χ3v) is 3.95. The molecular weight excluding hydrogens is 262 g/mol. The maximum atomic E-state index is 12.5. The van der Waals surface area contributed by atoms with Crippen molar-refractivity contribution in [3.8, 4) is 0 Å². The Balaban J connectivity index is 2.25. The van der Waals surface area contributed by atoms with Gasteiger partial charge >= 0.3 is 17.6 Å². The Hall–Kier alpha value is -1.72. The SMILES string of the molecule is COC(=O)C(=[N+]=[N-])C(=O)N1CCCOC12CCCCC2. The second kappa shape index (κ2) is 6.15. The summed E-state index contributed by atoms with van der Waals surface area (Å²) in [6.07, 6.45) is 5.27. The number of hydrogen-bond donors (Lipinski definition) is 0. The summed E-state index contributed by atoms with van der Waals surface area (Å²) in [6.45, 7) is 1.10. The molecule has 1 aliphatic carbocycles. The lowest BCUT2D eigenvalue weighted by atomic mass is 9.88. The molecule has 1 heterocycles. The number of nitrogens with zero attached hydrogens (tertiary/aromatic N) is 3. The largest absolute Gasteiger partial charge is 0.463 e. The number of ether oxygens (including phenoxy) is 2. The summed E-state index contributed by atoms with van der Waals surface area (Å²) in [5, 5.41) is 0. The van der Waals surface area contributed by atoms with Gasteiger partial charge in [0, 0.05) is 6.54 Å². The average molecular weight is 281 g/mol. The van der Waals surface area contributed by atoms with Crippen LogP contribution in [0.2, 0.25) is 0 Å². The molecule has 0 aromatic carbocycles. The summed E-state index contributed by atoms with van der Waals surface area (Å²) >= 11 is 0. The van der Waals surface area contributed by atoms with Crippen LogP contribution in [0.4, 0.5) is 0 Å². The third-order valence-electron chi connectivity index (χ3n) is 3.95. The van der Waals surface area contributed by atoms with Gasteiger partial charge in [0.05, 0.1) is 13.7 Å². The first-order valence-electron chi connectivity index (χ1n) is 6.91. The lowest BCUT2D eigenvalue weighted by Crippen LogP contribution is -2.60. The fourth-order valence-electron chi connectivity index (χ4n) is 2.97. The van der Waals surface area contributed by atoms with Gasteiger partial charge < -0.3 is 19.9 Å². The maximum absolute atomic E-state index is 12.5. The molecule has 1 aliphatic heterocycles. The van der Waals surface area contributed by atoms with Crippen molar-refractivity contribution in [2.75, 3.05) is 20.3 Å². The smallest absolute Gasteiger partial charge is 0.460 e. The Kier molecular flexibility index (Phi) is 4.52. The quantitative estimate of drug-likeness (QED) is 0.245. The van der Waals surface area contributed by atoms with Crippen LogP contribution in [0.25, 0.3) is 5.53 Å². The van der Waals surface area contributed by atoms with Crippen molar-refractivity contribution < 1.29 is 23.9 Å². The van der Waals surface area contributed by atoms with Crippen LogP contribution >= 0.6 is 0 Å². The Morgan fingerprint density at radius 3 is 2.55 bits per heavy atom. The van der Waals surface area contributed by atoms with Gasteiger partial charge in [0.25, 0.3) is 0 Å². The van der Waals surface area contributed by atoms with Crippen LogP contribution in [-0.4, -0.2) is 53.3 Å². The first-order valence-corrected chi connectivity index (χ1v) is 6.91. The molecule has 0 N–H and O–H groups in total. The van der Waals surface area contributed by atoms with Crippen molar-refractivity contribution in [3.63, 3.8) is 0 Å². The van der Waals surface area contributed by atoms with E-state index in [1.807, 2.05) is 0 Å². The summed E-state index contributed by atoms with van der Waals surface area (Å²) < 4.78 is 10.3.